The van der Waals surface area contributed by atoms with Gasteiger partial charge in [0.15, 0.2) is 17.3 Å². The summed E-state index contributed by atoms with van der Waals surface area (Å²) in [6, 6.07) is 5.39. The van der Waals surface area contributed by atoms with Crippen LogP contribution in [0.1, 0.15) is 5.69 Å². The highest BCUT2D eigenvalue weighted by atomic mass is 16.7. The number of benzene rings is 1. The maximum atomic E-state index is 5.40. The molecule has 0 saturated heterocycles. The van der Waals surface area contributed by atoms with Gasteiger partial charge in [0.2, 0.25) is 12.5 Å². The zero-order valence-corrected chi connectivity index (χ0v) is 11.1. The third kappa shape index (κ3) is 2.08. The molecule has 0 unspecified atom stereocenters. The fourth-order valence-corrected chi connectivity index (χ4v) is 2.03. The topological polar surface area (TPSA) is 91.5 Å². The number of nitrogens with two attached hydrogens (primary N) is 1. The molecule has 1 aromatic carbocycles. The Morgan fingerprint density at radius 1 is 1.25 bits per heavy atom. The number of hydrogen-bond acceptors (Lipinski definition) is 7. The molecule has 20 heavy (non-hydrogen) atoms. The van der Waals surface area contributed by atoms with Crippen molar-refractivity contribution < 1.29 is 14.2 Å². The van der Waals surface area contributed by atoms with Gasteiger partial charge in [0.25, 0.3) is 0 Å². The van der Waals surface area contributed by atoms with E-state index in [-0.39, 0.29) is 6.79 Å². The fraction of sp³-hybridized carbons (Fsp3) is 0.231. The molecule has 7 heteroatoms. The number of nitrogens with one attached hydrogen (secondary N) is 1. The predicted molar refractivity (Wildman–Crippen MR) is 72.7 cm³/mol. The van der Waals surface area contributed by atoms with Crippen LogP contribution in [0, 0.1) is 6.92 Å². The van der Waals surface area contributed by atoms with Crippen LogP contribution in [0.5, 0.6) is 17.2 Å². The zero-order chi connectivity index (χ0) is 14.1. The van der Waals surface area contributed by atoms with Gasteiger partial charge in [0.1, 0.15) is 5.82 Å². The first kappa shape index (κ1) is 12.5. The van der Waals surface area contributed by atoms with Gasteiger partial charge >= 0.3 is 0 Å². The normalized spacial score (nSPS) is 12.3. The van der Waals surface area contributed by atoms with Crippen molar-refractivity contribution in [1.82, 2.24) is 9.97 Å². The van der Waals surface area contributed by atoms with E-state index in [4.69, 9.17) is 20.1 Å². The SMILES string of the molecule is COc1cc(-c2nc(C)cc(NN)n2)cc2c1OCO2. The number of rotatable bonds is 3. The molecule has 0 radical (unpaired) electrons. The number of nitrogens with zero attached hydrogens (tertiary/aromatic N) is 2. The van der Waals surface area contributed by atoms with Crippen LogP contribution in [0.3, 0.4) is 0 Å². The Balaban J connectivity index is 2.13. The fourth-order valence-electron chi connectivity index (χ4n) is 2.03. The Kier molecular flexibility index (Phi) is 3.03. The molecular formula is C13H14N4O3. The predicted octanol–water partition coefficient (Wildman–Crippen LogP) is 1.47. The lowest BCUT2D eigenvalue weighted by atomic mass is 10.1. The van der Waals surface area contributed by atoms with Gasteiger partial charge in [0.05, 0.1) is 7.11 Å². The summed E-state index contributed by atoms with van der Waals surface area (Å²) in [4.78, 5) is 8.72. The van der Waals surface area contributed by atoms with Crippen LogP contribution in [0.2, 0.25) is 0 Å². The minimum Gasteiger partial charge on any atom is -0.493 e. The monoisotopic (exact) mass is 274 g/mol. The first-order chi connectivity index (χ1) is 9.71. The summed E-state index contributed by atoms with van der Waals surface area (Å²) in [7, 11) is 1.57. The highest BCUT2D eigenvalue weighted by Gasteiger charge is 2.21. The van der Waals surface area contributed by atoms with Gasteiger partial charge in [-0.25, -0.2) is 15.8 Å². The van der Waals surface area contributed by atoms with E-state index in [2.05, 4.69) is 15.4 Å². The van der Waals surface area contributed by atoms with Gasteiger partial charge in [-0.3, -0.25) is 0 Å². The van der Waals surface area contributed by atoms with E-state index in [1.165, 1.54) is 0 Å². The Labute approximate surface area is 115 Å². The van der Waals surface area contributed by atoms with E-state index in [0.717, 1.165) is 11.3 Å². The van der Waals surface area contributed by atoms with Crippen molar-refractivity contribution in [1.29, 1.82) is 0 Å². The third-order valence-corrected chi connectivity index (χ3v) is 2.92. The molecule has 2 aromatic rings. The smallest absolute Gasteiger partial charge is 0.231 e. The number of fused-ring (bicyclic) bond motifs is 1. The molecule has 0 spiro atoms. The van der Waals surface area contributed by atoms with Crippen LogP contribution in [0.4, 0.5) is 5.82 Å². The number of nitrogen functional groups attached to an aromatic ring is 1. The van der Waals surface area contributed by atoms with Crippen LogP contribution >= 0.6 is 0 Å². The summed E-state index contributed by atoms with van der Waals surface area (Å²) < 4.78 is 16.1. The molecule has 104 valence electrons. The minimum absolute atomic E-state index is 0.180. The van der Waals surface area contributed by atoms with Crippen LogP contribution in [0.25, 0.3) is 11.4 Å². The highest BCUT2D eigenvalue weighted by Crippen LogP contribution is 2.43. The number of hydrogen-bond donors (Lipinski definition) is 2. The minimum atomic E-state index is 0.180. The number of anilines is 1. The zero-order valence-electron chi connectivity index (χ0n) is 11.1. The van der Waals surface area contributed by atoms with Crippen LogP contribution in [-0.2, 0) is 0 Å². The molecule has 0 amide bonds. The summed E-state index contributed by atoms with van der Waals surface area (Å²) in [5, 5.41) is 0. The molecule has 0 bridgehead atoms. The molecule has 2 heterocycles. The average Bonchev–Trinajstić information content (AvgIpc) is 2.93. The molecular weight excluding hydrogens is 260 g/mol. The van der Waals surface area contributed by atoms with Crippen molar-refractivity contribution in [3.05, 3.63) is 23.9 Å². The third-order valence-electron chi connectivity index (χ3n) is 2.92. The van der Waals surface area contributed by atoms with Crippen molar-refractivity contribution in [2.75, 3.05) is 19.3 Å². The van der Waals surface area contributed by atoms with E-state index in [1.54, 1.807) is 13.2 Å². The van der Waals surface area contributed by atoms with Crippen LogP contribution in [-0.4, -0.2) is 23.9 Å². The summed E-state index contributed by atoms with van der Waals surface area (Å²) in [5.41, 5.74) is 4.10. The number of aryl methyl sites for hydroxylation is 1. The number of ether oxygens (including phenoxy) is 3. The standard InChI is InChI=1S/C13H14N4O3/c1-7-3-11(17-14)16-13(15-7)8-4-9(18-2)12-10(5-8)19-6-20-12/h3-5H,6,14H2,1-2H3,(H,15,16,17). The molecule has 0 fully saturated rings. The van der Waals surface area contributed by atoms with Gasteiger partial charge in [-0.2, -0.15) is 0 Å². The van der Waals surface area contributed by atoms with E-state index >= 15 is 0 Å². The first-order valence-electron chi connectivity index (χ1n) is 6.01. The summed E-state index contributed by atoms with van der Waals surface area (Å²) in [6.45, 7) is 2.05. The van der Waals surface area contributed by atoms with E-state index in [1.807, 2.05) is 19.1 Å². The number of hydrazine groups is 1. The van der Waals surface area contributed by atoms with Crippen molar-refractivity contribution >= 4 is 5.82 Å². The quantitative estimate of drug-likeness (QED) is 0.647. The maximum absolute atomic E-state index is 5.40. The number of methoxy groups -OCH3 is 1. The van der Waals surface area contributed by atoms with Crippen LogP contribution < -0.4 is 25.5 Å². The number of aromatic nitrogens is 2. The second-order valence-corrected chi connectivity index (χ2v) is 4.27. The molecule has 0 atom stereocenters. The van der Waals surface area contributed by atoms with Gasteiger partial charge in [-0.1, -0.05) is 0 Å². The van der Waals surface area contributed by atoms with Gasteiger partial charge in [0, 0.05) is 17.3 Å². The Morgan fingerprint density at radius 3 is 2.85 bits per heavy atom. The molecule has 1 aliphatic heterocycles. The Bertz CT molecular complexity index is 660. The average molecular weight is 274 g/mol. The second-order valence-electron chi connectivity index (χ2n) is 4.27. The van der Waals surface area contributed by atoms with Gasteiger partial charge in [-0.15, -0.1) is 0 Å². The first-order valence-corrected chi connectivity index (χ1v) is 6.01. The van der Waals surface area contributed by atoms with E-state index in [9.17, 15) is 0 Å². The van der Waals surface area contributed by atoms with Crippen molar-refractivity contribution in [2.24, 2.45) is 5.84 Å². The highest BCUT2D eigenvalue weighted by molar-refractivity contribution is 5.68. The molecule has 7 nitrogen and oxygen atoms in total. The van der Waals surface area contributed by atoms with Crippen molar-refractivity contribution in [3.63, 3.8) is 0 Å². The van der Waals surface area contributed by atoms with E-state index in [0.29, 0.717) is 28.9 Å². The van der Waals surface area contributed by atoms with Gasteiger partial charge in [-0.05, 0) is 19.1 Å². The Hall–Kier alpha value is -2.54. The lowest BCUT2D eigenvalue weighted by Gasteiger charge is -2.09. The summed E-state index contributed by atoms with van der Waals surface area (Å²) in [6.07, 6.45) is 0. The van der Waals surface area contributed by atoms with Crippen molar-refractivity contribution in [2.45, 2.75) is 6.92 Å². The molecule has 3 rings (SSSR count). The molecule has 0 saturated carbocycles. The summed E-state index contributed by atoms with van der Waals surface area (Å²) in [5.74, 6) is 8.29. The lowest BCUT2D eigenvalue weighted by molar-refractivity contribution is 0.171. The second kappa shape index (κ2) is 4.86. The molecule has 1 aliphatic rings. The van der Waals surface area contributed by atoms with E-state index < -0.39 is 0 Å². The molecule has 1 aromatic heterocycles. The lowest BCUT2D eigenvalue weighted by Crippen LogP contribution is -2.10. The van der Waals surface area contributed by atoms with Crippen molar-refractivity contribution in [3.8, 4) is 28.6 Å². The summed E-state index contributed by atoms with van der Waals surface area (Å²) >= 11 is 0. The van der Waals surface area contributed by atoms with Gasteiger partial charge < -0.3 is 19.6 Å². The molecule has 3 N–H and O–H groups in total. The van der Waals surface area contributed by atoms with Crippen LogP contribution in [0.15, 0.2) is 18.2 Å². The maximum Gasteiger partial charge on any atom is 0.231 e. The Morgan fingerprint density at radius 2 is 2.10 bits per heavy atom. The molecule has 0 aliphatic carbocycles. The largest absolute Gasteiger partial charge is 0.493 e.